The molecule has 0 N–H and O–H groups in total. The molecule has 0 radical (unpaired) electrons. The average molecular weight is 680 g/mol. The zero-order valence-electron chi connectivity index (χ0n) is 31.7. The summed E-state index contributed by atoms with van der Waals surface area (Å²) >= 11 is 0. The second-order valence-corrected chi connectivity index (χ2v) is 14.4. The van der Waals surface area contributed by atoms with Gasteiger partial charge in [0.1, 0.15) is 0 Å². The van der Waals surface area contributed by atoms with E-state index in [4.69, 9.17) is 9.47 Å². The van der Waals surface area contributed by atoms with Crippen LogP contribution in [0.1, 0.15) is 96.6 Å². The molecule has 50 heavy (non-hydrogen) atoms. The topological polar surface area (TPSA) is 45.2 Å². The number of amides is 1. The van der Waals surface area contributed by atoms with Crippen molar-refractivity contribution in [3.8, 4) is 0 Å². The van der Waals surface area contributed by atoms with Crippen LogP contribution in [0.4, 0.5) is 11.4 Å². The third-order valence-corrected chi connectivity index (χ3v) is 10.8. The van der Waals surface area contributed by atoms with Crippen molar-refractivity contribution < 1.29 is 14.3 Å². The fourth-order valence-corrected chi connectivity index (χ4v) is 7.54. The number of rotatable bonds is 18. The number of nitrogens with zero attached hydrogens (tertiary/aromatic N) is 3. The highest BCUT2D eigenvalue weighted by Gasteiger charge is 2.35. The van der Waals surface area contributed by atoms with Gasteiger partial charge < -0.3 is 19.3 Å². The predicted octanol–water partition coefficient (Wildman–Crippen LogP) is 9.91. The first-order chi connectivity index (χ1) is 24.4. The van der Waals surface area contributed by atoms with Crippen molar-refractivity contribution >= 4 is 17.3 Å². The number of unbranched alkanes of at least 4 members (excludes halogenated alkanes) is 2. The number of allylic oxidation sites excluding steroid dienone is 4. The molecular formula is C44H61N3O3. The minimum Gasteiger partial charge on any atom is -0.493 e. The van der Waals surface area contributed by atoms with Gasteiger partial charge in [0.2, 0.25) is 5.91 Å². The van der Waals surface area contributed by atoms with Crippen LogP contribution in [0.5, 0.6) is 0 Å². The first-order valence-corrected chi connectivity index (χ1v) is 19.3. The highest BCUT2D eigenvalue weighted by Crippen LogP contribution is 2.37. The Morgan fingerprint density at radius 1 is 1.06 bits per heavy atom. The van der Waals surface area contributed by atoms with E-state index >= 15 is 0 Å². The molecule has 2 heterocycles. The van der Waals surface area contributed by atoms with Crippen LogP contribution in [0.3, 0.4) is 0 Å². The Hall–Kier alpha value is -3.77. The van der Waals surface area contributed by atoms with Crippen molar-refractivity contribution in [1.29, 1.82) is 0 Å². The second kappa shape index (κ2) is 18.5. The first kappa shape index (κ1) is 37.5. The van der Waals surface area contributed by atoms with Gasteiger partial charge in [-0.15, -0.1) is 0 Å². The average Bonchev–Trinajstić information content (AvgIpc) is 3.64. The molecule has 0 aromatic heterocycles. The summed E-state index contributed by atoms with van der Waals surface area (Å²) < 4.78 is 12.2. The molecule has 2 aliphatic heterocycles. The highest BCUT2D eigenvalue weighted by atomic mass is 16.5. The minimum absolute atomic E-state index is 0.222. The number of fused-ring (bicyclic) bond motifs is 1. The zero-order chi connectivity index (χ0) is 35.5. The normalized spacial score (nSPS) is 19.9. The summed E-state index contributed by atoms with van der Waals surface area (Å²) in [6, 6.07) is 17.7. The van der Waals surface area contributed by atoms with E-state index < -0.39 is 0 Å². The summed E-state index contributed by atoms with van der Waals surface area (Å²) in [5, 5.41) is 0. The highest BCUT2D eigenvalue weighted by molar-refractivity contribution is 6.01. The lowest BCUT2D eigenvalue weighted by Gasteiger charge is -2.37. The summed E-state index contributed by atoms with van der Waals surface area (Å²) in [4.78, 5) is 20.6. The lowest BCUT2D eigenvalue weighted by molar-refractivity contribution is -0.117. The van der Waals surface area contributed by atoms with Crippen molar-refractivity contribution in [2.45, 2.75) is 105 Å². The van der Waals surface area contributed by atoms with Crippen LogP contribution in [0.25, 0.3) is 0 Å². The van der Waals surface area contributed by atoms with Gasteiger partial charge in [-0.1, -0.05) is 69.2 Å². The number of methoxy groups -OCH3 is 1. The van der Waals surface area contributed by atoms with Crippen LogP contribution in [-0.2, 0) is 20.7 Å². The molecule has 3 aliphatic rings. The number of carbonyl (C=O) groups excluding carboxylic acids is 1. The van der Waals surface area contributed by atoms with Crippen LogP contribution in [-0.4, -0.2) is 56.7 Å². The van der Waals surface area contributed by atoms with Crippen molar-refractivity contribution in [3.05, 3.63) is 106 Å². The Labute approximate surface area is 302 Å². The fourth-order valence-electron chi connectivity index (χ4n) is 7.54. The Balaban J connectivity index is 1.43. The molecular weight excluding hydrogens is 619 g/mol. The third-order valence-electron chi connectivity index (χ3n) is 10.8. The Bertz CT molecular complexity index is 1560. The van der Waals surface area contributed by atoms with Gasteiger partial charge in [0.05, 0.1) is 20.1 Å². The van der Waals surface area contributed by atoms with Gasteiger partial charge in [0, 0.05) is 49.3 Å². The summed E-state index contributed by atoms with van der Waals surface area (Å²) in [5.74, 6) is 2.21. The van der Waals surface area contributed by atoms with Crippen molar-refractivity contribution in [1.82, 2.24) is 4.90 Å². The van der Waals surface area contributed by atoms with E-state index in [-0.39, 0.29) is 5.91 Å². The van der Waals surface area contributed by atoms with Crippen LogP contribution >= 0.6 is 0 Å². The Morgan fingerprint density at radius 2 is 1.86 bits per heavy atom. The summed E-state index contributed by atoms with van der Waals surface area (Å²) in [6.45, 7) is 15.2. The third kappa shape index (κ3) is 9.31. The van der Waals surface area contributed by atoms with Crippen LogP contribution < -0.4 is 9.80 Å². The number of hydrogen-bond acceptors (Lipinski definition) is 5. The van der Waals surface area contributed by atoms with Gasteiger partial charge in [-0.25, -0.2) is 0 Å². The van der Waals surface area contributed by atoms with Gasteiger partial charge in [-0.2, -0.15) is 0 Å². The van der Waals surface area contributed by atoms with E-state index in [0.717, 1.165) is 86.6 Å². The first-order valence-electron chi connectivity index (χ1n) is 19.3. The second-order valence-electron chi connectivity index (χ2n) is 14.4. The lowest BCUT2D eigenvalue weighted by atomic mass is 9.89. The monoisotopic (exact) mass is 679 g/mol. The maximum absolute atomic E-state index is 13.2. The van der Waals surface area contributed by atoms with E-state index in [1.54, 1.807) is 12.7 Å². The molecule has 5 rings (SSSR count). The number of para-hydroxylation sites is 1. The van der Waals surface area contributed by atoms with Crippen LogP contribution in [0, 0.1) is 12.8 Å². The van der Waals surface area contributed by atoms with Gasteiger partial charge in [-0.3, -0.25) is 9.69 Å². The van der Waals surface area contributed by atoms with E-state index in [1.165, 1.54) is 42.6 Å². The molecule has 270 valence electrons. The molecule has 1 unspecified atom stereocenters. The molecule has 6 heteroatoms. The predicted molar refractivity (Wildman–Crippen MR) is 208 cm³/mol. The molecule has 1 amide bonds. The van der Waals surface area contributed by atoms with Gasteiger partial charge >= 0.3 is 0 Å². The number of benzene rings is 2. The molecule has 1 saturated heterocycles. The van der Waals surface area contributed by atoms with E-state index in [1.807, 2.05) is 17.9 Å². The van der Waals surface area contributed by atoms with Crippen LogP contribution in [0.15, 0.2) is 95.1 Å². The van der Waals surface area contributed by atoms with Crippen molar-refractivity contribution in [2.75, 3.05) is 49.7 Å². The van der Waals surface area contributed by atoms with Crippen molar-refractivity contribution in [3.63, 3.8) is 0 Å². The molecule has 2 aromatic carbocycles. The Kier molecular flexibility index (Phi) is 13.8. The molecule has 1 aliphatic carbocycles. The minimum atomic E-state index is 0.222. The zero-order valence-corrected chi connectivity index (χ0v) is 31.7. The SMILES string of the molecule is C\C=C(C)/C(OCCCC)=C(\C=C\C1C[C@H](CCN2C(=O)Cc3ccccc32)N(CC(=C2CCC2)N(CCCC)c2cccc(C)c2)C1)OC. The van der Waals surface area contributed by atoms with Gasteiger partial charge in [0.15, 0.2) is 11.5 Å². The maximum Gasteiger partial charge on any atom is 0.231 e. The number of ether oxygens (including phenoxy) is 2. The molecule has 0 bridgehead atoms. The smallest absolute Gasteiger partial charge is 0.231 e. The quantitative estimate of drug-likeness (QED) is 0.0892. The molecule has 2 aromatic rings. The van der Waals surface area contributed by atoms with Crippen molar-refractivity contribution in [2.24, 2.45) is 5.92 Å². The number of hydrogen-bond donors (Lipinski definition) is 0. The summed E-state index contributed by atoms with van der Waals surface area (Å²) in [5.41, 5.74) is 9.05. The maximum atomic E-state index is 13.2. The van der Waals surface area contributed by atoms with E-state index in [9.17, 15) is 4.79 Å². The lowest BCUT2D eigenvalue weighted by Crippen LogP contribution is -2.40. The largest absolute Gasteiger partial charge is 0.493 e. The molecule has 2 fully saturated rings. The number of likely N-dealkylation sites (tertiary alicyclic amines) is 1. The molecule has 2 atom stereocenters. The number of carbonyl (C=O) groups is 1. The van der Waals surface area contributed by atoms with E-state index in [2.05, 4.69) is 98.2 Å². The molecule has 0 spiro atoms. The summed E-state index contributed by atoms with van der Waals surface area (Å²) in [6.07, 6.45) is 17.2. The number of anilines is 2. The van der Waals surface area contributed by atoms with Gasteiger partial charge in [-0.05, 0) is 118 Å². The number of aryl methyl sites for hydroxylation is 1. The summed E-state index contributed by atoms with van der Waals surface area (Å²) in [7, 11) is 1.74. The molecule has 6 nitrogen and oxygen atoms in total. The standard InChI is InChI=1S/C44H61N3O3/c1-7-10-25-46(39-20-14-16-33(4)28-39)41(36-18-15-19-36)32-45-31-35(22-23-42(49-6)44(34(5)9-3)50-27-11-8-2)29-38(45)24-26-47-40-21-13-12-17-37(40)30-43(47)48/h9,12-14,16-17,20-23,28,35,38H,7-8,10-11,15,18-19,24-27,29-32H2,1-6H3/b23-22+,34-9-,44-42-/t35?,38-/m0/s1. The van der Waals surface area contributed by atoms with Gasteiger partial charge in [0.25, 0.3) is 0 Å². The van der Waals surface area contributed by atoms with Crippen LogP contribution in [0.2, 0.25) is 0 Å². The van der Waals surface area contributed by atoms with E-state index in [0.29, 0.717) is 25.0 Å². The Morgan fingerprint density at radius 3 is 2.56 bits per heavy atom. The molecule has 1 saturated carbocycles. The fraction of sp³-hybridized carbons (Fsp3) is 0.523.